The van der Waals surface area contributed by atoms with Crippen molar-refractivity contribution in [3.63, 3.8) is 0 Å². The molecule has 0 bridgehead atoms. The summed E-state index contributed by atoms with van der Waals surface area (Å²) in [7, 11) is 0. The summed E-state index contributed by atoms with van der Waals surface area (Å²) in [6.07, 6.45) is 4.60. The van der Waals surface area contributed by atoms with Crippen molar-refractivity contribution in [3.05, 3.63) is 35.8 Å². The van der Waals surface area contributed by atoms with Gasteiger partial charge in [0.05, 0.1) is 5.92 Å². The number of hydrogen-bond acceptors (Lipinski definition) is 4. The highest BCUT2D eigenvalue weighted by Gasteiger charge is 2.30. The molecule has 0 saturated carbocycles. The van der Waals surface area contributed by atoms with Crippen molar-refractivity contribution < 1.29 is 14.7 Å². The van der Waals surface area contributed by atoms with Crippen LogP contribution in [0.15, 0.2) is 24.5 Å². The monoisotopic (exact) mass is 316 g/mol. The van der Waals surface area contributed by atoms with Crippen molar-refractivity contribution in [3.8, 4) is 0 Å². The molecule has 3 N–H and O–H groups in total. The molecule has 3 heterocycles. The van der Waals surface area contributed by atoms with Crippen molar-refractivity contribution in [2.24, 2.45) is 11.7 Å². The van der Waals surface area contributed by atoms with Crippen LogP contribution in [-0.2, 0) is 4.79 Å². The maximum atomic E-state index is 12.7. The maximum absolute atomic E-state index is 12.7. The van der Waals surface area contributed by atoms with E-state index in [4.69, 9.17) is 5.73 Å². The van der Waals surface area contributed by atoms with Crippen LogP contribution in [0.2, 0.25) is 0 Å². The van der Waals surface area contributed by atoms with E-state index in [0.29, 0.717) is 25.1 Å². The molecular weight excluding hydrogens is 296 g/mol. The van der Waals surface area contributed by atoms with Crippen molar-refractivity contribution in [2.75, 3.05) is 13.1 Å². The van der Waals surface area contributed by atoms with Crippen LogP contribution in [0.25, 0.3) is 5.65 Å². The van der Waals surface area contributed by atoms with Crippen LogP contribution in [0, 0.1) is 12.8 Å². The number of aryl methyl sites for hydroxylation is 1. The Balaban J connectivity index is 1.90. The number of carboxylic acid groups (broad SMARTS) is 1. The van der Waals surface area contributed by atoms with E-state index in [9.17, 15) is 14.7 Å². The second-order valence-corrected chi connectivity index (χ2v) is 6.13. The van der Waals surface area contributed by atoms with E-state index in [1.165, 1.54) is 4.90 Å². The molecule has 2 atom stereocenters. The van der Waals surface area contributed by atoms with Crippen LogP contribution < -0.4 is 5.73 Å². The number of hydrogen-bond donors (Lipinski definition) is 2. The summed E-state index contributed by atoms with van der Waals surface area (Å²) in [6.45, 7) is 2.46. The number of aromatic nitrogens is 2. The van der Waals surface area contributed by atoms with Crippen molar-refractivity contribution in [2.45, 2.75) is 25.8 Å². The molecule has 0 spiro atoms. The van der Waals surface area contributed by atoms with Crippen LogP contribution >= 0.6 is 0 Å². The predicted octanol–water partition coefficient (Wildman–Crippen LogP) is 0.907. The molecular formula is C16H20N4O3. The molecule has 0 aromatic carbocycles. The van der Waals surface area contributed by atoms with Crippen LogP contribution in [0.3, 0.4) is 0 Å². The number of carbonyl (C=O) groups is 2. The third kappa shape index (κ3) is 3.05. The first-order valence-corrected chi connectivity index (χ1v) is 7.67. The van der Waals surface area contributed by atoms with E-state index in [2.05, 4.69) is 4.98 Å². The zero-order valence-corrected chi connectivity index (χ0v) is 13.0. The fraction of sp³-hybridized carbons (Fsp3) is 0.438. The number of likely N-dealkylation sites (tertiary alicyclic amines) is 1. The van der Waals surface area contributed by atoms with E-state index in [0.717, 1.165) is 11.2 Å². The summed E-state index contributed by atoms with van der Waals surface area (Å²) in [6, 6.07) is 3.61. The number of pyridine rings is 1. The number of amides is 1. The van der Waals surface area contributed by atoms with Crippen molar-refractivity contribution in [1.82, 2.24) is 14.3 Å². The Labute approximate surface area is 133 Å². The van der Waals surface area contributed by atoms with Gasteiger partial charge in [0.1, 0.15) is 11.3 Å². The Hall–Kier alpha value is -2.41. The lowest BCUT2D eigenvalue weighted by molar-refractivity contribution is -0.142. The molecule has 2 aromatic rings. The first-order chi connectivity index (χ1) is 11.0. The number of rotatable bonds is 2. The molecule has 122 valence electrons. The van der Waals surface area contributed by atoms with E-state index in [1.807, 2.05) is 25.3 Å². The normalized spacial score (nSPS) is 22.1. The largest absolute Gasteiger partial charge is 0.481 e. The van der Waals surface area contributed by atoms with Gasteiger partial charge in [0.15, 0.2) is 0 Å². The Morgan fingerprint density at radius 2 is 2.13 bits per heavy atom. The van der Waals surface area contributed by atoms with E-state index in [-0.39, 0.29) is 18.5 Å². The summed E-state index contributed by atoms with van der Waals surface area (Å²) < 4.78 is 1.80. The maximum Gasteiger partial charge on any atom is 0.308 e. The van der Waals surface area contributed by atoms with Crippen LogP contribution in [-0.4, -0.2) is 50.4 Å². The lowest BCUT2D eigenvalue weighted by atomic mass is 10.0. The molecule has 3 rings (SSSR count). The lowest BCUT2D eigenvalue weighted by Gasteiger charge is -2.23. The lowest BCUT2D eigenvalue weighted by Crippen LogP contribution is -2.41. The van der Waals surface area contributed by atoms with E-state index >= 15 is 0 Å². The van der Waals surface area contributed by atoms with Crippen LogP contribution in [0.1, 0.15) is 28.9 Å². The van der Waals surface area contributed by atoms with Gasteiger partial charge in [0, 0.05) is 31.5 Å². The third-order valence-corrected chi connectivity index (χ3v) is 4.32. The Bertz CT molecular complexity index is 755. The molecule has 0 unspecified atom stereocenters. The van der Waals surface area contributed by atoms with E-state index < -0.39 is 11.9 Å². The van der Waals surface area contributed by atoms with Crippen molar-refractivity contribution in [1.29, 1.82) is 0 Å². The van der Waals surface area contributed by atoms with Gasteiger partial charge >= 0.3 is 5.97 Å². The summed E-state index contributed by atoms with van der Waals surface area (Å²) >= 11 is 0. The molecule has 0 radical (unpaired) electrons. The van der Waals surface area contributed by atoms with Gasteiger partial charge in [-0.2, -0.15) is 0 Å². The number of imidazole rings is 1. The first-order valence-electron chi connectivity index (χ1n) is 7.67. The SMILES string of the molecule is Cc1cccn2cc(C(=O)N3C[C@H](N)CC[C@H](C(=O)O)C3)nc12. The molecule has 0 aliphatic carbocycles. The second-order valence-electron chi connectivity index (χ2n) is 6.13. The van der Waals surface area contributed by atoms with Gasteiger partial charge in [-0.1, -0.05) is 6.07 Å². The number of carboxylic acids is 1. The highest BCUT2D eigenvalue weighted by molar-refractivity contribution is 5.93. The topological polar surface area (TPSA) is 101 Å². The Morgan fingerprint density at radius 3 is 2.83 bits per heavy atom. The number of carbonyl (C=O) groups excluding carboxylic acids is 1. The van der Waals surface area contributed by atoms with Gasteiger partial charge in [0.2, 0.25) is 0 Å². The van der Waals surface area contributed by atoms with Crippen molar-refractivity contribution >= 4 is 17.5 Å². The average Bonchev–Trinajstić information content (AvgIpc) is 2.85. The minimum absolute atomic E-state index is 0.175. The summed E-state index contributed by atoms with van der Waals surface area (Å²) in [4.78, 5) is 30.0. The third-order valence-electron chi connectivity index (χ3n) is 4.32. The van der Waals surface area contributed by atoms with Gasteiger partial charge in [-0.25, -0.2) is 4.98 Å². The quantitative estimate of drug-likeness (QED) is 0.857. The minimum Gasteiger partial charge on any atom is -0.481 e. The predicted molar refractivity (Wildman–Crippen MR) is 84.2 cm³/mol. The standard InChI is InChI=1S/C16H20N4O3/c1-10-3-2-6-19-9-13(18-14(10)19)15(21)20-7-11(16(22)23)4-5-12(17)8-20/h2-3,6,9,11-12H,4-5,7-8,17H2,1H3,(H,22,23)/t11-,12+/m0/s1. The molecule has 1 aliphatic rings. The Morgan fingerprint density at radius 1 is 1.35 bits per heavy atom. The van der Waals surface area contributed by atoms with Gasteiger partial charge in [-0.05, 0) is 31.4 Å². The minimum atomic E-state index is -0.886. The van der Waals surface area contributed by atoms with Gasteiger partial charge in [0.25, 0.3) is 5.91 Å². The molecule has 23 heavy (non-hydrogen) atoms. The van der Waals surface area contributed by atoms with Gasteiger partial charge < -0.3 is 20.1 Å². The Kier molecular flexibility index (Phi) is 4.04. The number of aliphatic carboxylic acids is 1. The molecule has 7 heteroatoms. The van der Waals surface area contributed by atoms with E-state index in [1.54, 1.807) is 10.6 Å². The smallest absolute Gasteiger partial charge is 0.308 e. The van der Waals surface area contributed by atoms with Gasteiger partial charge in [-0.3, -0.25) is 9.59 Å². The molecule has 1 fully saturated rings. The number of nitrogens with two attached hydrogens (primary N) is 1. The van der Waals surface area contributed by atoms with Gasteiger partial charge in [-0.15, -0.1) is 0 Å². The fourth-order valence-electron chi connectivity index (χ4n) is 3.01. The fourth-order valence-corrected chi connectivity index (χ4v) is 3.01. The second kappa shape index (κ2) is 6.00. The summed E-state index contributed by atoms with van der Waals surface area (Å²) in [5, 5.41) is 9.27. The zero-order valence-electron chi connectivity index (χ0n) is 13.0. The molecule has 1 aliphatic heterocycles. The summed E-state index contributed by atoms with van der Waals surface area (Å²) in [5.74, 6) is -1.73. The zero-order chi connectivity index (χ0) is 16.6. The molecule has 1 saturated heterocycles. The molecule has 7 nitrogen and oxygen atoms in total. The average molecular weight is 316 g/mol. The first kappa shape index (κ1) is 15.5. The number of fused-ring (bicyclic) bond motifs is 1. The summed E-state index contributed by atoms with van der Waals surface area (Å²) in [5.41, 5.74) is 8.01. The van der Waals surface area contributed by atoms with Crippen LogP contribution in [0.4, 0.5) is 0 Å². The molecule has 1 amide bonds. The number of nitrogens with zero attached hydrogens (tertiary/aromatic N) is 3. The van der Waals surface area contributed by atoms with Crippen LogP contribution in [0.5, 0.6) is 0 Å². The highest BCUT2D eigenvalue weighted by atomic mass is 16.4. The molecule has 2 aromatic heterocycles. The highest BCUT2D eigenvalue weighted by Crippen LogP contribution is 2.19.